The number of likely N-dealkylation sites (tertiary alicyclic amines) is 2. The number of urea groups is 1. The number of carboxylic acid groups (broad SMARTS) is 1. The van der Waals surface area contributed by atoms with Crippen molar-refractivity contribution in [1.29, 1.82) is 0 Å². The number of benzene rings is 2. The molecule has 3 fully saturated rings. The zero-order valence-corrected chi connectivity index (χ0v) is 30.0. The van der Waals surface area contributed by atoms with Gasteiger partial charge in [0.05, 0.1) is 14.9 Å². The molecule has 0 aliphatic carbocycles. The summed E-state index contributed by atoms with van der Waals surface area (Å²) < 4.78 is 0.997. The van der Waals surface area contributed by atoms with Crippen LogP contribution in [0.4, 0.5) is 15.3 Å². The molecule has 4 heterocycles. The summed E-state index contributed by atoms with van der Waals surface area (Å²) in [5.41, 5.74) is 2.68. The average molecular weight is 777 g/mol. The summed E-state index contributed by atoms with van der Waals surface area (Å²) in [4.78, 5) is 50.9. The number of rotatable bonds is 6. The Morgan fingerprint density at radius 1 is 0.936 bits per heavy atom. The number of phenolic OH excluding ortho intramolecular Hbond substituents is 1. The van der Waals surface area contributed by atoms with Gasteiger partial charge in [-0.15, -0.1) is 0 Å². The maximum absolute atomic E-state index is 14.6. The van der Waals surface area contributed by atoms with Crippen LogP contribution in [0.25, 0.3) is 0 Å². The summed E-state index contributed by atoms with van der Waals surface area (Å²) in [5.74, 6) is -0.642. The summed E-state index contributed by atoms with van der Waals surface area (Å²) in [6.45, 7) is 6.19. The molecule has 0 saturated carbocycles. The number of nitrogens with one attached hydrogen (secondary N) is 1. The Bertz CT molecular complexity index is 1460. The number of amides is 4. The van der Waals surface area contributed by atoms with E-state index in [9.17, 15) is 24.6 Å². The average Bonchev–Trinajstić information content (AvgIpc) is 3.24. The van der Waals surface area contributed by atoms with E-state index in [1.807, 2.05) is 34.1 Å². The molecule has 2 unspecified atom stereocenters. The van der Waals surface area contributed by atoms with E-state index >= 15 is 0 Å². The molecule has 2 aromatic rings. The lowest BCUT2D eigenvalue weighted by molar-refractivity contribution is -0.140. The van der Waals surface area contributed by atoms with Crippen LogP contribution in [-0.2, 0) is 17.6 Å². The number of hydrogen-bond acceptors (Lipinski definition) is 6. The SMILES string of the molecule is CN1CCN(C2CCN(C(=O)C(Cc3cc(Br)c(O)c(Br)c3)[C@H]3CC(N4CCc5ccccc5NC4=O)CCN3C(=O)O)CC2)CC1. The van der Waals surface area contributed by atoms with Gasteiger partial charge in [0, 0.05) is 76.2 Å². The minimum absolute atomic E-state index is 0.0493. The van der Waals surface area contributed by atoms with Crippen LogP contribution in [0, 0.1) is 5.92 Å². The molecule has 11 nitrogen and oxygen atoms in total. The first-order valence-electron chi connectivity index (χ1n) is 16.6. The minimum atomic E-state index is -1.05. The van der Waals surface area contributed by atoms with Gasteiger partial charge in [-0.25, -0.2) is 9.59 Å². The summed E-state index contributed by atoms with van der Waals surface area (Å²) >= 11 is 6.86. The third-order valence-electron chi connectivity index (χ3n) is 10.6. The number of halogens is 2. The second kappa shape index (κ2) is 14.7. The highest BCUT2D eigenvalue weighted by atomic mass is 79.9. The van der Waals surface area contributed by atoms with Gasteiger partial charge in [-0.1, -0.05) is 18.2 Å². The lowest BCUT2D eigenvalue weighted by atomic mass is 9.82. The molecule has 0 bridgehead atoms. The van der Waals surface area contributed by atoms with Gasteiger partial charge in [0.25, 0.3) is 0 Å². The van der Waals surface area contributed by atoms with E-state index in [-0.39, 0.29) is 30.3 Å². The van der Waals surface area contributed by atoms with Gasteiger partial charge in [0.1, 0.15) is 5.75 Å². The molecule has 4 amide bonds. The Morgan fingerprint density at radius 3 is 2.28 bits per heavy atom. The van der Waals surface area contributed by atoms with E-state index in [2.05, 4.69) is 54.0 Å². The third-order valence-corrected chi connectivity index (χ3v) is 11.8. The number of anilines is 1. The standard InChI is InChI=1S/C34H44Br2N6O5/c1-38-14-16-39(17-15-38)24-7-10-40(11-8-24)32(44)26(18-22-19-27(35)31(43)28(36)20-22)30-21-25(9-13-42(30)34(46)47)41-12-6-23-4-2-3-5-29(23)37-33(41)45/h2-5,19-20,24-26,30,43H,6-18,21H2,1H3,(H,37,45)(H,46,47)/t25?,26?,30-/m1/s1. The predicted octanol–water partition coefficient (Wildman–Crippen LogP) is 4.92. The van der Waals surface area contributed by atoms with E-state index in [0.29, 0.717) is 60.3 Å². The smallest absolute Gasteiger partial charge is 0.407 e. The highest BCUT2D eigenvalue weighted by molar-refractivity contribution is 9.11. The molecular formula is C34H44Br2N6O5. The Balaban J connectivity index is 1.25. The van der Waals surface area contributed by atoms with Crippen LogP contribution < -0.4 is 5.32 Å². The second-order valence-electron chi connectivity index (χ2n) is 13.4. The van der Waals surface area contributed by atoms with Crippen molar-refractivity contribution in [3.63, 3.8) is 0 Å². The molecule has 2 aromatic carbocycles. The van der Waals surface area contributed by atoms with Gasteiger partial charge >= 0.3 is 12.1 Å². The van der Waals surface area contributed by atoms with Crippen LogP contribution in [0.3, 0.4) is 0 Å². The number of nitrogens with zero attached hydrogens (tertiary/aromatic N) is 5. The fourth-order valence-electron chi connectivity index (χ4n) is 7.87. The third kappa shape index (κ3) is 7.58. The summed E-state index contributed by atoms with van der Waals surface area (Å²) in [5, 5.41) is 23.8. The molecule has 0 aromatic heterocycles. The van der Waals surface area contributed by atoms with Crippen molar-refractivity contribution in [2.24, 2.45) is 5.92 Å². The summed E-state index contributed by atoms with van der Waals surface area (Å²) in [6.07, 6.45) is 2.59. The maximum Gasteiger partial charge on any atom is 0.407 e. The first-order chi connectivity index (χ1) is 22.6. The highest BCUT2D eigenvalue weighted by Crippen LogP contribution is 2.37. The molecule has 47 heavy (non-hydrogen) atoms. The Morgan fingerprint density at radius 2 is 1.60 bits per heavy atom. The zero-order valence-electron chi connectivity index (χ0n) is 26.8. The van der Waals surface area contributed by atoms with Gasteiger partial charge < -0.3 is 35.1 Å². The van der Waals surface area contributed by atoms with Crippen molar-refractivity contribution >= 4 is 55.6 Å². The molecule has 13 heteroatoms. The van der Waals surface area contributed by atoms with E-state index in [1.165, 1.54) is 4.90 Å². The van der Waals surface area contributed by atoms with Gasteiger partial charge in [-0.2, -0.15) is 0 Å². The van der Waals surface area contributed by atoms with Crippen LogP contribution in [0.15, 0.2) is 45.3 Å². The summed E-state index contributed by atoms with van der Waals surface area (Å²) in [6, 6.07) is 10.8. The number of likely N-dealkylation sites (N-methyl/N-ethyl adjacent to an activating group) is 1. The van der Waals surface area contributed by atoms with Crippen molar-refractivity contribution < 1.29 is 24.6 Å². The second-order valence-corrected chi connectivity index (χ2v) is 15.1. The van der Waals surface area contributed by atoms with E-state index < -0.39 is 18.1 Å². The molecule has 4 aliphatic rings. The number of piperidine rings is 2. The van der Waals surface area contributed by atoms with E-state index in [0.717, 1.165) is 55.8 Å². The first kappa shape index (κ1) is 34.0. The van der Waals surface area contributed by atoms with Crippen molar-refractivity contribution in [3.8, 4) is 5.75 Å². The Hall–Kier alpha value is -2.87. The van der Waals surface area contributed by atoms with Gasteiger partial charge in [-0.05, 0) is 107 Å². The van der Waals surface area contributed by atoms with Crippen LogP contribution in [0.5, 0.6) is 5.75 Å². The number of hydrogen-bond donors (Lipinski definition) is 3. The molecule has 3 saturated heterocycles. The van der Waals surface area contributed by atoms with Crippen LogP contribution in [-0.4, -0.2) is 130 Å². The number of carbonyl (C=O) groups excluding carboxylic acids is 2. The quantitative estimate of drug-likeness (QED) is 0.382. The molecule has 254 valence electrons. The Labute approximate surface area is 293 Å². The Kier molecular flexibility index (Phi) is 10.6. The van der Waals surface area contributed by atoms with Crippen molar-refractivity contribution in [2.75, 3.05) is 64.7 Å². The van der Waals surface area contributed by atoms with Gasteiger partial charge in [0.15, 0.2) is 0 Å². The number of fused-ring (bicyclic) bond motifs is 1. The minimum Gasteiger partial charge on any atom is -0.506 e. The normalized spacial score (nSPS) is 24.0. The number of aromatic hydroxyl groups is 1. The van der Waals surface area contributed by atoms with Crippen LogP contribution in [0.2, 0.25) is 0 Å². The topological polar surface area (TPSA) is 120 Å². The molecule has 3 atom stereocenters. The zero-order chi connectivity index (χ0) is 33.2. The maximum atomic E-state index is 14.6. The monoisotopic (exact) mass is 774 g/mol. The lowest BCUT2D eigenvalue weighted by Gasteiger charge is -2.46. The molecule has 3 N–H and O–H groups in total. The largest absolute Gasteiger partial charge is 0.506 e. The van der Waals surface area contributed by atoms with E-state index in [1.54, 1.807) is 12.1 Å². The predicted molar refractivity (Wildman–Crippen MR) is 187 cm³/mol. The lowest BCUT2D eigenvalue weighted by Crippen LogP contribution is -2.59. The van der Waals surface area contributed by atoms with E-state index in [4.69, 9.17) is 0 Å². The van der Waals surface area contributed by atoms with Gasteiger partial charge in [0.2, 0.25) is 5.91 Å². The highest BCUT2D eigenvalue weighted by Gasteiger charge is 2.44. The van der Waals surface area contributed by atoms with Crippen LogP contribution in [0.1, 0.15) is 36.8 Å². The fourth-order valence-corrected chi connectivity index (χ4v) is 9.15. The number of phenols is 1. The van der Waals surface area contributed by atoms with Gasteiger partial charge in [-0.3, -0.25) is 9.69 Å². The summed E-state index contributed by atoms with van der Waals surface area (Å²) in [7, 11) is 2.15. The molecular weight excluding hydrogens is 732 g/mol. The van der Waals surface area contributed by atoms with Crippen molar-refractivity contribution in [3.05, 3.63) is 56.5 Å². The first-order valence-corrected chi connectivity index (χ1v) is 18.2. The van der Waals surface area contributed by atoms with Crippen LogP contribution >= 0.6 is 31.9 Å². The molecule has 0 spiro atoms. The number of piperazine rings is 1. The number of para-hydroxylation sites is 1. The molecule has 6 rings (SSSR count). The fraction of sp³-hybridized carbons (Fsp3) is 0.559. The van der Waals surface area contributed by atoms with Crippen molar-refractivity contribution in [1.82, 2.24) is 24.5 Å². The number of carbonyl (C=O) groups is 3. The van der Waals surface area contributed by atoms with Crippen molar-refractivity contribution in [2.45, 2.75) is 56.7 Å². The molecule has 0 radical (unpaired) electrons. The molecule has 4 aliphatic heterocycles.